The molecule has 1 unspecified atom stereocenters. The second kappa shape index (κ2) is 4.96. The molecule has 14 heavy (non-hydrogen) atoms. The molecule has 0 spiro atoms. The van der Waals surface area contributed by atoms with Crippen LogP contribution >= 0.6 is 23.2 Å². The molecular weight excluding hydrogens is 224 g/mol. The molecule has 1 N–H and O–H groups in total. The van der Waals surface area contributed by atoms with E-state index in [0.717, 1.165) is 13.0 Å². The molecule has 1 saturated heterocycles. The van der Waals surface area contributed by atoms with E-state index in [4.69, 9.17) is 23.2 Å². The molecule has 1 heterocycles. The zero-order valence-electron chi connectivity index (χ0n) is 7.75. The second-order valence-electron chi connectivity index (χ2n) is 3.23. The minimum absolute atomic E-state index is 0.0514. The van der Waals surface area contributed by atoms with Crippen molar-refractivity contribution >= 4 is 23.2 Å². The lowest BCUT2D eigenvalue weighted by atomic mass is 9.97. The van der Waals surface area contributed by atoms with Crippen molar-refractivity contribution in [2.24, 2.45) is 5.92 Å². The van der Waals surface area contributed by atoms with Crippen LogP contribution in [0.4, 0.5) is 4.39 Å². The minimum atomic E-state index is -0.523. The summed E-state index contributed by atoms with van der Waals surface area (Å²) >= 11 is 11.5. The number of allylic oxidation sites excluding steroid dienone is 3. The van der Waals surface area contributed by atoms with Gasteiger partial charge >= 0.3 is 0 Å². The molecule has 1 atom stereocenters. The maximum Gasteiger partial charge on any atom is 0.121 e. The van der Waals surface area contributed by atoms with Gasteiger partial charge < -0.3 is 5.32 Å². The fraction of sp³-hybridized carbons (Fsp3) is 0.400. The van der Waals surface area contributed by atoms with E-state index in [2.05, 4.69) is 18.5 Å². The van der Waals surface area contributed by atoms with Crippen LogP contribution in [-0.4, -0.2) is 13.1 Å². The first-order valence-corrected chi connectivity index (χ1v) is 5.09. The van der Waals surface area contributed by atoms with Gasteiger partial charge in [0.2, 0.25) is 0 Å². The molecule has 1 rings (SSSR count). The highest BCUT2D eigenvalue weighted by Crippen LogP contribution is 2.33. The Labute approximate surface area is 93.3 Å². The number of hydrogen-bond acceptors (Lipinski definition) is 1. The van der Waals surface area contributed by atoms with Gasteiger partial charge in [-0.2, -0.15) is 0 Å². The topological polar surface area (TPSA) is 12.0 Å². The molecule has 1 nitrogen and oxygen atoms in total. The maximum absolute atomic E-state index is 13.2. The van der Waals surface area contributed by atoms with Crippen molar-refractivity contribution in [3.05, 3.63) is 34.6 Å². The van der Waals surface area contributed by atoms with E-state index in [1.807, 2.05) is 0 Å². The summed E-state index contributed by atoms with van der Waals surface area (Å²) in [6.07, 6.45) is 0.846. The maximum atomic E-state index is 13.2. The summed E-state index contributed by atoms with van der Waals surface area (Å²) in [5, 5.41) is 3.48. The molecule has 1 aliphatic heterocycles. The molecule has 0 aliphatic carbocycles. The SMILES string of the molecule is C=C(Cl)/C(Cl)=C(\C(=C)F)C1CCNC1. The van der Waals surface area contributed by atoms with Crippen LogP contribution in [0.5, 0.6) is 0 Å². The van der Waals surface area contributed by atoms with Crippen LogP contribution in [0.15, 0.2) is 34.6 Å². The lowest BCUT2D eigenvalue weighted by molar-refractivity contribution is 0.587. The molecule has 0 bridgehead atoms. The molecule has 0 radical (unpaired) electrons. The Balaban J connectivity index is 2.99. The third kappa shape index (κ3) is 2.59. The van der Waals surface area contributed by atoms with Crippen molar-refractivity contribution in [3.63, 3.8) is 0 Å². The summed E-state index contributed by atoms with van der Waals surface area (Å²) in [6.45, 7) is 8.31. The number of nitrogens with one attached hydrogen (secondary N) is 1. The van der Waals surface area contributed by atoms with Crippen molar-refractivity contribution in [1.82, 2.24) is 5.32 Å². The van der Waals surface area contributed by atoms with Gasteiger partial charge in [0.1, 0.15) is 5.83 Å². The summed E-state index contributed by atoms with van der Waals surface area (Å²) in [7, 11) is 0. The predicted octanol–water partition coefficient (Wildman–Crippen LogP) is 3.32. The standard InChI is InChI=1S/C10H12Cl2FN/c1-6(11)10(12)9(7(2)13)8-3-4-14-5-8/h8,14H,1-5H2/b10-9-. The van der Waals surface area contributed by atoms with Crippen molar-refractivity contribution in [1.29, 1.82) is 0 Å². The average molecular weight is 236 g/mol. The molecule has 0 saturated carbocycles. The molecule has 1 aliphatic rings. The van der Waals surface area contributed by atoms with Crippen molar-refractivity contribution in [2.45, 2.75) is 6.42 Å². The Morgan fingerprint density at radius 3 is 2.36 bits per heavy atom. The first-order valence-electron chi connectivity index (χ1n) is 4.34. The lowest BCUT2D eigenvalue weighted by Crippen LogP contribution is -2.12. The fourth-order valence-electron chi connectivity index (χ4n) is 1.57. The van der Waals surface area contributed by atoms with Gasteiger partial charge in [-0.3, -0.25) is 0 Å². The summed E-state index contributed by atoms with van der Waals surface area (Å²) in [5.74, 6) is -0.471. The highest BCUT2D eigenvalue weighted by Gasteiger charge is 2.24. The highest BCUT2D eigenvalue weighted by atomic mass is 35.5. The number of halogens is 3. The van der Waals surface area contributed by atoms with E-state index >= 15 is 0 Å². The van der Waals surface area contributed by atoms with Crippen LogP contribution in [0.25, 0.3) is 0 Å². The summed E-state index contributed by atoms with van der Waals surface area (Å²) in [4.78, 5) is 0. The third-order valence-corrected chi connectivity index (χ3v) is 2.95. The van der Waals surface area contributed by atoms with Gasteiger partial charge in [-0.1, -0.05) is 36.4 Å². The van der Waals surface area contributed by atoms with Crippen LogP contribution in [0.2, 0.25) is 0 Å². The Kier molecular flexibility index (Phi) is 4.17. The number of hydrogen-bond donors (Lipinski definition) is 1. The van der Waals surface area contributed by atoms with Crippen molar-refractivity contribution in [2.75, 3.05) is 13.1 Å². The highest BCUT2D eigenvalue weighted by molar-refractivity contribution is 6.44. The smallest absolute Gasteiger partial charge is 0.121 e. The van der Waals surface area contributed by atoms with Crippen molar-refractivity contribution in [3.8, 4) is 0 Å². The summed E-state index contributed by atoms with van der Waals surface area (Å²) in [6, 6.07) is 0. The molecule has 4 heteroatoms. The minimum Gasteiger partial charge on any atom is -0.316 e. The van der Waals surface area contributed by atoms with Crippen molar-refractivity contribution < 1.29 is 4.39 Å². The molecule has 78 valence electrons. The molecule has 0 amide bonds. The molecular formula is C10H12Cl2FN. The summed E-state index contributed by atoms with van der Waals surface area (Å²) in [5.41, 5.74) is 0.386. The van der Waals surface area contributed by atoms with Gasteiger partial charge in [-0.25, -0.2) is 4.39 Å². The van der Waals surface area contributed by atoms with Crippen LogP contribution in [0, 0.1) is 5.92 Å². The molecule has 0 aromatic heterocycles. The quantitative estimate of drug-likeness (QED) is 0.741. The van der Waals surface area contributed by atoms with Crippen LogP contribution in [-0.2, 0) is 0 Å². The fourth-order valence-corrected chi connectivity index (χ4v) is 1.93. The van der Waals surface area contributed by atoms with Gasteiger partial charge in [0.15, 0.2) is 0 Å². The van der Waals surface area contributed by atoms with Crippen LogP contribution in [0.1, 0.15) is 6.42 Å². The third-order valence-electron chi connectivity index (χ3n) is 2.24. The zero-order valence-corrected chi connectivity index (χ0v) is 9.26. The Bertz CT molecular complexity index is 290. The molecule has 0 aromatic carbocycles. The monoisotopic (exact) mass is 235 g/mol. The Morgan fingerprint density at radius 2 is 2.00 bits per heavy atom. The van der Waals surface area contributed by atoms with E-state index in [1.54, 1.807) is 0 Å². The predicted molar refractivity (Wildman–Crippen MR) is 59.1 cm³/mol. The van der Waals surface area contributed by atoms with Gasteiger partial charge in [-0.15, -0.1) is 0 Å². The summed E-state index contributed by atoms with van der Waals surface area (Å²) < 4.78 is 13.2. The normalized spacial score (nSPS) is 23.2. The van der Waals surface area contributed by atoms with E-state index in [9.17, 15) is 4.39 Å². The molecule has 0 aromatic rings. The van der Waals surface area contributed by atoms with Gasteiger partial charge in [0.05, 0.1) is 10.1 Å². The Hall–Kier alpha value is -0.310. The zero-order chi connectivity index (χ0) is 10.7. The Morgan fingerprint density at radius 1 is 1.36 bits per heavy atom. The van der Waals surface area contributed by atoms with Gasteiger partial charge in [0.25, 0.3) is 0 Å². The van der Waals surface area contributed by atoms with Gasteiger partial charge in [0, 0.05) is 18.0 Å². The number of rotatable bonds is 3. The van der Waals surface area contributed by atoms with Gasteiger partial charge in [-0.05, 0) is 13.0 Å². The van der Waals surface area contributed by atoms with Crippen LogP contribution in [0.3, 0.4) is 0 Å². The first-order chi connectivity index (χ1) is 6.54. The largest absolute Gasteiger partial charge is 0.316 e. The first kappa shape index (κ1) is 11.8. The van der Waals surface area contributed by atoms with E-state index < -0.39 is 5.83 Å². The average Bonchev–Trinajstić information content (AvgIpc) is 2.56. The van der Waals surface area contributed by atoms with E-state index in [-0.39, 0.29) is 16.0 Å². The second-order valence-corrected chi connectivity index (χ2v) is 4.06. The van der Waals surface area contributed by atoms with E-state index in [1.165, 1.54) is 0 Å². The van der Waals surface area contributed by atoms with E-state index in [0.29, 0.717) is 12.1 Å². The molecule has 1 fully saturated rings. The lowest BCUT2D eigenvalue weighted by Gasteiger charge is -2.13. The van der Waals surface area contributed by atoms with Crippen LogP contribution < -0.4 is 5.32 Å².